The van der Waals surface area contributed by atoms with Crippen molar-refractivity contribution in [2.45, 2.75) is 26.3 Å². The molecule has 3 aromatic rings. The minimum Gasteiger partial charge on any atom is -0.358 e. The Morgan fingerprint density at radius 1 is 1.03 bits per heavy atom. The fourth-order valence-corrected chi connectivity index (χ4v) is 3.51. The summed E-state index contributed by atoms with van der Waals surface area (Å²) in [6.45, 7) is 4.81. The molecule has 6 heteroatoms. The van der Waals surface area contributed by atoms with E-state index in [1.807, 2.05) is 41.3 Å². The summed E-state index contributed by atoms with van der Waals surface area (Å²) in [5, 5.41) is 13.1. The standard InChI is InChI=1S/C25H23Cl2N3O/c1-17(2)20-7-9-21(10-8-20)29-25(31)16-30(22-5-3-4-18(12-22)14-28)15-19-6-11-23(26)24(27)13-19/h3-13,17H,15-16H2,1-2H3,(H,29,31). The normalized spacial score (nSPS) is 10.6. The Morgan fingerprint density at radius 2 is 1.77 bits per heavy atom. The molecule has 4 nitrogen and oxygen atoms in total. The number of rotatable bonds is 7. The fraction of sp³-hybridized carbons (Fsp3) is 0.200. The Kier molecular flexibility index (Phi) is 7.57. The van der Waals surface area contributed by atoms with E-state index in [0.29, 0.717) is 28.1 Å². The van der Waals surface area contributed by atoms with Crippen molar-refractivity contribution in [2.24, 2.45) is 0 Å². The molecule has 0 spiro atoms. The third-order valence-corrected chi connectivity index (χ3v) is 5.63. The summed E-state index contributed by atoms with van der Waals surface area (Å²) in [7, 11) is 0. The second-order valence-electron chi connectivity index (χ2n) is 7.59. The van der Waals surface area contributed by atoms with E-state index in [1.165, 1.54) is 5.56 Å². The Hall–Kier alpha value is -3.00. The van der Waals surface area contributed by atoms with Crippen molar-refractivity contribution in [3.05, 3.63) is 93.5 Å². The zero-order valence-electron chi connectivity index (χ0n) is 17.4. The maximum Gasteiger partial charge on any atom is 0.243 e. The third-order valence-electron chi connectivity index (χ3n) is 4.89. The minimum absolute atomic E-state index is 0.112. The van der Waals surface area contributed by atoms with Crippen LogP contribution in [0.15, 0.2) is 66.7 Å². The van der Waals surface area contributed by atoms with Crippen LogP contribution in [-0.2, 0) is 11.3 Å². The van der Waals surface area contributed by atoms with Crippen LogP contribution in [0.3, 0.4) is 0 Å². The molecule has 1 N–H and O–H groups in total. The number of nitrogens with zero attached hydrogens (tertiary/aromatic N) is 2. The molecular weight excluding hydrogens is 429 g/mol. The van der Waals surface area contributed by atoms with Crippen LogP contribution in [-0.4, -0.2) is 12.5 Å². The molecule has 1 amide bonds. The van der Waals surface area contributed by atoms with Gasteiger partial charge in [-0.2, -0.15) is 5.26 Å². The molecule has 0 bridgehead atoms. The van der Waals surface area contributed by atoms with Crippen LogP contribution < -0.4 is 10.2 Å². The number of amides is 1. The van der Waals surface area contributed by atoms with Crippen molar-refractivity contribution >= 4 is 40.5 Å². The quantitative estimate of drug-likeness (QED) is 0.438. The highest BCUT2D eigenvalue weighted by molar-refractivity contribution is 6.42. The van der Waals surface area contributed by atoms with Gasteiger partial charge < -0.3 is 10.2 Å². The average molecular weight is 452 g/mol. The largest absolute Gasteiger partial charge is 0.358 e. The van der Waals surface area contributed by atoms with Crippen LogP contribution in [0.25, 0.3) is 0 Å². The van der Waals surface area contributed by atoms with E-state index in [2.05, 4.69) is 25.2 Å². The molecule has 3 aromatic carbocycles. The SMILES string of the molecule is CC(C)c1ccc(NC(=O)CN(Cc2ccc(Cl)c(Cl)c2)c2cccc(C#N)c2)cc1. The molecule has 0 saturated heterocycles. The van der Waals surface area contributed by atoms with Gasteiger partial charge in [0.25, 0.3) is 0 Å². The summed E-state index contributed by atoms with van der Waals surface area (Å²) in [6, 6.07) is 22.6. The van der Waals surface area contributed by atoms with E-state index in [-0.39, 0.29) is 12.5 Å². The van der Waals surface area contributed by atoms with E-state index >= 15 is 0 Å². The Morgan fingerprint density at radius 3 is 2.42 bits per heavy atom. The summed E-state index contributed by atoms with van der Waals surface area (Å²) in [5.41, 5.74) is 4.17. The molecule has 0 atom stereocenters. The number of benzene rings is 3. The molecule has 0 unspecified atom stereocenters. The topological polar surface area (TPSA) is 56.1 Å². The molecule has 3 rings (SSSR count). The Balaban J connectivity index is 1.80. The van der Waals surface area contributed by atoms with Gasteiger partial charge in [-0.25, -0.2) is 0 Å². The summed E-state index contributed by atoms with van der Waals surface area (Å²) >= 11 is 12.2. The van der Waals surface area contributed by atoms with Gasteiger partial charge in [0.2, 0.25) is 5.91 Å². The lowest BCUT2D eigenvalue weighted by atomic mass is 10.0. The van der Waals surface area contributed by atoms with Crippen LogP contribution in [0.5, 0.6) is 0 Å². The number of anilines is 2. The number of hydrogen-bond acceptors (Lipinski definition) is 3. The summed E-state index contributed by atoms with van der Waals surface area (Å²) < 4.78 is 0. The Labute approximate surface area is 193 Å². The highest BCUT2D eigenvalue weighted by Crippen LogP contribution is 2.25. The number of nitrogens with one attached hydrogen (secondary N) is 1. The number of carbonyl (C=O) groups excluding carboxylic acids is 1. The summed E-state index contributed by atoms with van der Waals surface area (Å²) in [5.74, 6) is 0.276. The molecule has 0 heterocycles. The lowest BCUT2D eigenvalue weighted by Crippen LogP contribution is -2.33. The van der Waals surface area contributed by atoms with E-state index in [0.717, 1.165) is 16.9 Å². The van der Waals surface area contributed by atoms with Gasteiger partial charge >= 0.3 is 0 Å². The van der Waals surface area contributed by atoms with Gasteiger partial charge in [0.05, 0.1) is 28.2 Å². The van der Waals surface area contributed by atoms with Gasteiger partial charge in [0.1, 0.15) is 0 Å². The van der Waals surface area contributed by atoms with Crippen molar-refractivity contribution in [2.75, 3.05) is 16.8 Å². The number of hydrogen-bond donors (Lipinski definition) is 1. The zero-order chi connectivity index (χ0) is 22.4. The maximum atomic E-state index is 12.8. The highest BCUT2D eigenvalue weighted by Gasteiger charge is 2.14. The van der Waals surface area contributed by atoms with Crippen molar-refractivity contribution in [1.82, 2.24) is 0 Å². The van der Waals surface area contributed by atoms with E-state index in [9.17, 15) is 10.1 Å². The van der Waals surface area contributed by atoms with Crippen LogP contribution >= 0.6 is 23.2 Å². The van der Waals surface area contributed by atoms with Gasteiger partial charge in [0, 0.05) is 17.9 Å². The first-order chi connectivity index (χ1) is 14.9. The highest BCUT2D eigenvalue weighted by atomic mass is 35.5. The van der Waals surface area contributed by atoms with Gasteiger partial charge in [-0.15, -0.1) is 0 Å². The second kappa shape index (κ2) is 10.3. The molecule has 0 radical (unpaired) electrons. The number of nitriles is 1. The molecule has 0 aromatic heterocycles. The smallest absolute Gasteiger partial charge is 0.243 e. The zero-order valence-corrected chi connectivity index (χ0v) is 18.9. The lowest BCUT2D eigenvalue weighted by Gasteiger charge is -2.25. The van der Waals surface area contributed by atoms with E-state index in [4.69, 9.17) is 23.2 Å². The predicted molar refractivity (Wildman–Crippen MR) is 128 cm³/mol. The first-order valence-corrected chi connectivity index (χ1v) is 10.7. The molecule has 31 heavy (non-hydrogen) atoms. The predicted octanol–water partition coefficient (Wildman–Crippen LogP) is 6.63. The van der Waals surface area contributed by atoms with Crippen LogP contribution in [0, 0.1) is 11.3 Å². The van der Waals surface area contributed by atoms with Gasteiger partial charge in [-0.05, 0) is 59.5 Å². The van der Waals surface area contributed by atoms with E-state index < -0.39 is 0 Å². The minimum atomic E-state index is -0.153. The Bertz CT molecular complexity index is 1100. The van der Waals surface area contributed by atoms with Gasteiger partial charge in [-0.1, -0.05) is 61.3 Å². The average Bonchev–Trinajstić information content (AvgIpc) is 2.76. The van der Waals surface area contributed by atoms with Crippen molar-refractivity contribution in [3.8, 4) is 6.07 Å². The van der Waals surface area contributed by atoms with Crippen molar-refractivity contribution in [3.63, 3.8) is 0 Å². The van der Waals surface area contributed by atoms with Crippen molar-refractivity contribution in [1.29, 1.82) is 5.26 Å². The molecule has 0 aliphatic carbocycles. The summed E-state index contributed by atoms with van der Waals surface area (Å²) in [6.07, 6.45) is 0. The monoisotopic (exact) mass is 451 g/mol. The van der Waals surface area contributed by atoms with Gasteiger partial charge in [0.15, 0.2) is 0 Å². The number of carbonyl (C=O) groups is 1. The molecular formula is C25H23Cl2N3O. The molecule has 0 aliphatic heterocycles. The lowest BCUT2D eigenvalue weighted by molar-refractivity contribution is -0.115. The molecule has 158 valence electrons. The van der Waals surface area contributed by atoms with Crippen LogP contribution in [0.2, 0.25) is 10.0 Å². The summed E-state index contributed by atoms with van der Waals surface area (Å²) in [4.78, 5) is 14.7. The number of halogens is 2. The molecule has 0 saturated carbocycles. The molecule has 0 aliphatic rings. The maximum absolute atomic E-state index is 12.8. The van der Waals surface area contributed by atoms with Crippen LogP contribution in [0.4, 0.5) is 11.4 Å². The van der Waals surface area contributed by atoms with E-state index in [1.54, 1.807) is 30.3 Å². The van der Waals surface area contributed by atoms with Gasteiger partial charge in [-0.3, -0.25) is 4.79 Å². The molecule has 0 fully saturated rings. The third kappa shape index (κ3) is 6.24. The van der Waals surface area contributed by atoms with Crippen molar-refractivity contribution < 1.29 is 4.79 Å². The first kappa shape index (κ1) is 22.7. The first-order valence-electron chi connectivity index (χ1n) is 9.94. The van der Waals surface area contributed by atoms with Crippen LogP contribution in [0.1, 0.15) is 36.5 Å². The fourth-order valence-electron chi connectivity index (χ4n) is 3.19. The second-order valence-corrected chi connectivity index (χ2v) is 8.41.